The van der Waals surface area contributed by atoms with Gasteiger partial charge in [-0.1, -0.05) is 36.4 Å². The van der Waals surface area contributed by atoms with Crippen molar-refractivity contribution in [3.63, 3.8) is 0 Å². The van der Waals surface area contributed by atoms with Crippen molar-refractivity contribution in [2.75, 3.05) is 5.32 Å². The summed E-state index contributed by atoms with van der Waals surface area (Å²) in [4.78, 5) is 30.8. The number of anilines is 1. The summed E-state index contributed by atoms with van der Waals surface area (Å²) in [7, 11) is 0. The molecule has 0 fully saturated rings. The third kappa shape index (κ3) is 4.74. The van der Waals surface area contributed by atoms with Crippen LogP contribution in [0.4, 0.5) is 5.13 Å². The molecule has 128 valence electrons. The molecule has 3 rings (SSSR count). The van der Waals surface area contributed by atoms with Crippen LogP contribution in [0.15, 0.2) is 54.0 Å². The average molecular weight is 371 g/mol. The number of benzene rings is 1. The third-order valence-corrected chi connectivity index (χ3v) is 5.20. The van der Waals surface area contributed by atoms with Gasteiger partial charge in [0, 0.05) is 17.5 Å². The lowest BCUT2D eigenvalue weighted by atomic mass is 10.1. The zero-order valence-electron chi connectivity index (χ0n) is 13.6. The second-order valence-electron chi connectivity index (χ2n) is 5.46. The fourth-order valence-corrected chi connectivity index (χ4v) is 3.60. The molecule has 2 amide bonds. The standard InChI is InChI=1S/C18H17N3O2S2/c1-12-11-19-18(25-12)21-16(22)14(10-13-6-3-2-4-7-13)20-17(23)15-8-5-9-24-15/h2-9,11,14H,10H2,1H3,(H,20,23)(H,19,21,22). The predicted molar refractivity (Wildman–Crippen MR) is 101 cm³/mol. The Labute approximate surface area is 153 Å². The minimum atomic E-state index is -0.679. The molecule has 2 heterocycles. The van der Waals surface area contributed by atoms with Gasteiger partial charge in [0.1, 0.15) is 6.04 Å². The van der Waals surface area contributed by atoms with Crippen molar-refractivity contribution in [3.05, 3.63) is 69.4 Å². The fraction of sp³-hybridized carbons (Fsp3) is 0.167. The van der Waals surface area contributed by atoms with Gasteiger partial charge < -0.3 is 10.6 Å². The summed E-state index contributed by atoms with van der Waals surface area (Å²) in [5.74, 6) is -0.524. The van der Waals surface area contributed by atoms with Crippen LogP contribution in [0.3, 0.4) is 0 Å². The predicted octanol–water partition coefficient (Wildman–Crippen LogP) is 3.49. The summed E-state index contributed by atoms with van der Waals surface area (Å²) in [6.45, 7) is 1.92. The van der Waals surface area contributed by atoms with Crippen molar-refractivity contribution in [1.29, 1.82) is 0 Å². The maximum atomic E-state index is 12.7. The molecule has 1 atom stereocenters. The summed E-state index contributed by atoms with van der Waals surface area (Å²) in [6.07, 6.45) is 2.12. The Morgan fingerprint density at radius 1 is 1.16 bits per heavy atom. The SMILES string of the molecule is Cc1cnc(NC(=O)C(Cc2ccccc2)NC(=O)c2cccs2)s1. The molecule has 1 aromatic carbocycles. The van der Waals surface area contributed by atoms with E-state index in [2.05, 4.69) is 15.6 Å². The Balaban J connectivity index is 1.75. The number of nitrogens with one attached hydrogen (secondary N) is 2. The van der Waals surface area contributed by atoms with Gasteiger partial charge in [0.2, 0.25) is 5.91 Å². The molecular weight excluding hydrogens is 354 g/mol. The van der Waals surface area contributed by atoms with E-state index >= 15 is 0 Å². The Kier molecular flexibility index (Phi) is 5.57. The number of carbonyl (C=O) groups excluding carboxylic acids is 2. The molecule has 0 aliphatic rings. The van der Waals surface area contributed by atoms with Gasteiger partial charge in [-0.15, -0.1) is 22.7 Å². The van der Waals surface area contributed by atoms with Crippen molar-refractivity contribution in [2.24, 2.45) is 0 Å². The van der Waals surface area contributed by atoms with Gasteiger partial charge >= 0.3 is 0 Å². The number of hydrogen-bond donors (Lipinski definition) is 2. The Hall–Kier alpha value is -2.51. The summed E-state index contributed by atoms with van der Waals surface area (Å²) >= 11 is 2.75. The van der Waals surface area contributed by atoms with Gasteiger partial charge in [-0.3, -0.25) is 9.59 Å². The smallest absolute Gasteiger partial charge is 0.262 e. The molecule has 2 aromatic heterocycles. The van der Waals surface area contributed by atoms with E-state index in [1.54, 1.807) is 12.3 Å². The van der Waals surface area contributed by atoms with Crippen molar-refractivity contribution < 1.29 is 9.59 Å². The number of hydrogen-bond acceptors (Lipinski definition) is 5. The third-order valence-electron chi connectivity index (χ3n) is 3.50. The molecule has 0 saturated heterocycles. The molecule has 2 N–H and O–H groups in total. The van der Waals surface area contributed by atoms with Crippen LogP contribution >= 0.6 is 22.7 Å². The van der Waals surface area contributed by atoms with Crippen molar-refractivity contribution in [1.82, 2.24) is 10.3 Å². The highest BCUT2D eigenvalue weighted by atomic mass is 32.1. The number of carbonyl (C=O) groups is 2. The van der Waals surface area contributed by atoms with E-state index < -0.39 is 6.04 Å². The first-order valence-electron chi connectivity index (χ1n) is 7.73. The van der Waals surface area contributed by atoms with E-state index in [9.17, 15) is 9.59 Å². The second-order valence-corrected chi connectivity index (χ2v) is 7.64. The van der Waals surface area contributed by atoms with Crippen LogP contribution in [0.25, 0.3) is 0 Å². The molecule has 0 aliphatic heterocycles. The van der Waals surface area contributed by atoms with E-state index in [1.807, 2.05) is 48.7 Å². The Morgan fingerprint density at radius 3 is 2.60 bits per heavy atom. The first-order valence-corrected chi connectivity index (χ1v) is 9.43. The summed E-state index contributed by atoms with van der Waals surface area (Å²) in [5, 5.41) is 7.99. The first kappa shape index (κ1) is 17.3. The lowest BCUT2D eigenvalue weighted by Gasteiger charge is -2.17. The van der Waals surface area contributed by atoms with Crippen LogP contribution in [0.2, 0.25) is 0 Å². The second kappa shape index (κ2) is 8.04. The van der Waals surface area contributed by atoms with Crippen LogP contribution < -0.4 is 10.6 Å². The quantitative estimate of drug-likeness (QED) is 0.697. The monoisotopic (exact) mass is 371 g/mol. The summed E-state index contributed by atoms with van der Waals surface area (Å²) < 4.78 is 0. The maximum Gasteiger partial charge on any atom is 0.262 e. The summed E-state index contributed by atoms with van der Waals surface area (Å²) in [6, 6.07) is 12.5. The topological polar surface area (TPSA) is 71.1 Å². The van der Waals surface area contributed by atoms with Gasteiger partial charge in [-0.25, -0.2) is 4.98 Å². The van der Waals surface area contributed by atoms with Gasteiger partial charge in [0.15, 0.2) is 5.13 Å². The summed E-state index contributed by atoms with van der Waals surface area (Å²) in [5.41, 5.74) is 0.976. The van der Waals surface area contributed by atoms with E-state index in [0.717, 1.165) is 10.4 Å². The zero-order valence-corrected chi connectivity index (χ0v) is 15.2. The highest BCUT2D eigenvalue weighted by Gasteiger charge is 2.23. The Bertz CT molecular complexity index is 844. The number of nitrogens with zero attached hydrogens (tertiary/aromatic N) is 1. The average Bonchev–Trinajstić information content (AvgIpc) is 3.27. The van der Waals surface area contributed by atoms with E-state index in [1.165, 1.54) is 22.7 Å². The number of amides is 2. The zero-order chi connectivity index (χ0) is 17.6. The highest BCUT2D eigenvalue weighted by Crippen LogP contribution is 2.17. The van der Waals surface area contributed by atoms with Gasteiger partial charge in [0.25, 0.3) is 5.91 Å². The van der Waals surface area contributed by atoms with Crippen molar-refractivity contribution >= 4 is 39.6 Å². The lowest BCUT2D eigenvalue weighted by molar-refractivity contribution is -0.118. The number of thiophene rings is 1. The van der Waals surface area contributed by atoms with Crippen LogP contribution in [0, 0.1) is 6.92 Å². The van der Waals surface area contributed by atoms with Crippen LogP contribution in [0.5, 0.6) is 0 Å². The first-order chi connectivity index (χ1) is 12.1. The molecule has 5 nitrogen and oxygen atoms in total. The normalized spacial score (nSPS) is 11.7. The van der Waals surface area contributed by atoms with Crippen LogP contribution in [0.1, 0.15) is 20.1 Å². The number of thiazole rings is 1. The van der Waals surface area contributed by atoms with Gasteiger partial charge in [-0.05, 0) is 23.9 Å². The molecule has 7 heteroatoms. The molecule has 3 aromatic rings. The molecule has 0 radical (unpaired) electrons. The molecular formula is C18H17N3O2S2. The Morgan fingerprint density at radius 2 is 1.96 bits per heavy atom. The highest BCUT2D eigenvalue weighted by molar-refractivity contribution is 7.15. The number of rotatable bonds is 6. The molecule has 25 heavy (non-hydrogen) atoms. The maximum absolute atomic E-state index is 12.7. The molecule has 0 spiro atoms. The fourth-order valence-electron chi connectivity index (χ4n) is 2.30. The van der Waals surface area contributed by atoms with Crippen LogP contribution in [-0.4, -0.2) is 22.8 Å². The largest absolute Gasteiger partial charge is 0.339 e. The minimum Gasteiger partial charge on any atom is -0.339 e. The van der Waals surface area contributed by atoms with Crippen molar-refractivity contribution in [3.8, 4) is 0 Å². The van der Waals surface area contributed by atoms with Crippen molar-refractivity contribution in [2.45, 2.75) is 19.4 Å². The molecule has 0 saturated carbocycles. The van der Waals surface area contributed by atoms with E-state index in [-0.39, 0.29) is 11.8 Å². The number of aromatic nitrogens is 1. The number of aryl methyl sites for hydroxylation is 1. The van der Waals surface area contributed by atoms with E-state index in [4.69, 9.17) is 0 Å². The lowest BCUT2D eigenvalue weighted by Crippen LogP contribution is -2.45. The van der Waals surface area contributed by atoms with Gasteiger partial charge in [-0.2, -0.15) is 0 Å². The van der Waals surface area contributed by atoms with E-state index in [0.29, 0.717) is 16.4 Å². The van der Waals surface area contributed by atoms with Crippen LogP contribution in [-0.2, 0) is 11.2 Å². The molecule has 1 unspecified atom stereocenters. The molecule has 0 aliphatic carbocycles. The minimum absolute atomic E-state index is 0.249. The van der Waals surface area contributed by atoms with Gasteiger partial charge in [0.05, 0.1) is 4.88 Å². The molecule has 0 bridgehead atoms.